The Morgan fingerprint density at radius 1 is 1.53 bits per heavy atom. The summed E-state index contributed by atoms with van der Waals surface area (Å²) in [6.07, 6.45) is 1.59. The summed E-state index contributed by atoms with van der Waals surface area (Å²) in [5.74, 6) is 0.269. The van der Waals surface area contributed by atoms with E-state index in [1.807, 2.05) is 26.8 Å². The van der Waals surface area contributed by atoms with Crippen LogP contribution in [0.3, 0.4) is 0 Å². The van der Waals surface area contributed by atoms with Crippen LogP contribution in [0.15, 0.2) is 16.6 Å². The molecule has 0 saturated carbocycles. The van der Waals surface area contributed by atoms with Crippen LogP contribution in [0.5, 0.6) is 5.75 Å². The number of aldehydes is 1. The molecule has 1 atom stereocenters. The quantitative estimate of drug-likeness (QED) is 0.817. The largest absolute Gasteiger partial charge is 0.483 e. The van der Waals surface area contributed by atoms with Gasteiger partial charge >= 0.3 is 0 Å². The number of nitrogens with one attached hydrogen (secondary N) is 1. The van der Waals surface area contributed by atoms with Gasteiger partial charge in [-0.3, -0.25) is 9.59 Å². The molecule has 0 fully saturated rings. The zero-order valence-electron chi connectivity index (χ0n) is 11.3. The van der Waals surface area contributed by atoms with E-state index < -0.39 is 0 Å². The lowest BCUT2D eigenvalue weighted by Gasteiger charge is -2.14. The van der Waals surface area contributed by atoms with E-state index in [2.05, 4.69) is 21.2 Å². The minimum Gasteiger partial charge on any atom is -0.483 e. The van der Waals surface area contributed by atoms with Crippen LogP contribution in [0.4, 0.5) is 0 Å². The molecule has 1 aromatic rings. The van der Waals surface area contributed by atoms with Crippen LogP contribution in [-0.2, 0) is 4.79 Å². The van der Waals surface area contributed by atoms with Crippen LogP contribution in [0.2, 0.25) is 0 Å². The van der Waals surface area contributed by atoms with Crippen molar-refractivity contribution in [3.05, 3.63) is 27.7 Å². The maximum absolute atomic E-state index is 11.6. The van der Waals surface area contributed by atoms with Gasteiger partial charge in [-0.1, -0.05) is 22.9 Å². The zero-order valence-corrected chi connectivity index (χ0v) is 12.9. The Labute approximate surface area is 121 Å². The van der Waals surface area contributed by atoms with Gasteiger partial charge in [-0.2, -0.15) is 0 Å². The highest BCUT2D eigenvalue weighted by Gasteiger charge is 2.11. The fourth-order valence-corrected chi connectivity index (χ4v) is 2.19. The summed E-state index contributed by atoms with van der Waals surface area (Å²) in [5, 5.41) is 2.81. The number of amides is 1. The van der Waals surface area contributed by atoms with E-state index in [9.17, 15) is 9.59 Å². The molecular weight excluding hydrogens is 310 g/mol. The summed E-state index contributed by atoms with van der Waals surface area (Å²) in [7, 11) is 0. The number of carbonyl (C=O) groups excluding carboxylic acids is 2. The van der Waals surface area contributed by atoms with Crippen LogP contribution in [0.25, 0.3) is 0 Å². The molecular formula is C14H18BrNO3. The number of aryl methyl sites for hydroxylation is 1. The fraction of sp³-hybridized carbons (Fsp3) is 0.429. The van der Waals surface area contributed by atoms with Crippen molar-refractivity contribution in [2.45, 2.75) is 33.2 Å². The molecule has 0 aliphatic heterocycles. The smallest absolute Gasteiger partial charge is 0.258 e. The van der Waals surface area contributed by atoms with Gasteiger partial charge in [0.25, 0.3) is 5.91 Å². The molecule has 104 valence electrons. The average Bonchev–Trinajstić information content (AvgIpc) is 2.36. The third-order valence-corrected chi connectivity index (χ3v) is 3.22. The number of rotatable bonds is 6. The number of benzene rings is 1. The minimum atomic E-state index is -0.187. The molecule has 1 amide bonds. The molecule has 0 radical (unpaired) electrons. The monoisotopic (exact) mass is 327 g/mol. The molecule has 0 spiro atoms. The van der Waals surface area contributed by atoms with Gasteiger partial charge in [-0.25, -0.2) is 0 Å². The summed E-state index contributed by atoms with van der Waals surface area (Å²) >= 11 is 3.32. The summed E-state index contributed by atoms with van der Waals surface area (Å²) in [5.41, 5.74) is 1.25. The van der Waals surface area contributed by atoms with Crippen molar-refractivity contribution in [3.8, 4) is 5.75 Å². The summed E-state index contributed by atoms with van der Waals surface area (Å²) in [6.45, 7) is 5.67. The Balaban J connectivity index is 2.72. The highest BCUT2D eigenvalue weighted by atomic mass is 79.9. The first-order chi connectivity index (χ1) is 8.97. The van der Waals surface area contributed by atoms with E-state index >= 15 is 0 Å². The van der Waals surface area contributed by atoms with Gasteiger partial charge in [-0.15, -0.1) is 0 Å². The standard InChI is InChI=1S/C14H18BrNO3/c1-4-10(3)16-13(18)8-19-14-9(2)5-12(15)6-11(14)7-17/h5-7,10H,4,8H2,1-3H3,(H,16,18). The Morgan fingerprint density at radius 3 is 2.79 bits per heavy atom. The van der Waals surface area contributed by atoms with Gasteiger partial charge in [-0.05, 0) is 38.0 Å². The predicted molar refractivity (Wildman–Crippen MR) is 77.7 cm³/mol. The van der Waals surface area contributed by atoms with E-state index in [1.54, 1.807) is 6.07 Å². The maximum atomic E-state index is 11.6. The molecule has 0 heterocycles. The third kappa shape index (κ3) is 4.67. The van der Waals surface area contributed by atoms with Crippen LogP contribution in [0, 0.1) is 6.92 Å². The molecule has 0 aliphatic carbocycles. The molecule has 1 N–H and O–H groups in total. The maximum Gasteiger partial charge on any atom is 0.258 e. The molecule has 0 saturated heterocycles. The first-order valence-corrected chi connectivity index (χ1v) is 6.94. The van der Waals surface area contributed by atoms with Gasteiger partial charge in [0.1, 0.15) is 5.75 Å². The third-order valence-electron chi connectivity index (χ3n) is 2.76. The van der Waals surface area contributed by atoms with Crippen LogP contribution in [-0.4, -0.2) is 24.8 Å². The molecule has 1 unspecified atom stereocenters. The Bertz CT molecular complexity index is 474. The Kier molecular flexibility index (Phi) is 6.02. The molecule has 5 heteroatoms. The lowest BCUT2D eigenvalue weighted by molar-refractivity contribution is -0.123. The van der Waals surface area contributed by atoms with Gasteiger partial charge in [0, 0.05) is 10.5 Å². The number of carbonyl (C=O) groups is 2. The zero-order chi connectivity index (χ0) is 14.4. The highest BCUT2D eigenvalue weighted by molar-refractivity contribution is 9.10. The molecule has 0 aliphatic rings. The SMILES string of the molecule is CCC(C)NC(=O)COc1c(C)cc(Br)cc1C=O. The van der Waals surface area contributed by atoms with E-state index in [0.29, 0.717) is 11.3 Å². The van der Waals surface area contributed by atoms with Crippen molar-refractivity contribution in [1.82, 2.24) is 5.32 Å². The number of ether oxygens (including phenoxy) is 1. The number of halogens is 1. The Hall–Kier alpha value is -1.36. The lowest BCUT2D eigenvalue weighted by atomic mass is 10.1. The highest BCUT2D eigenvalue weighted by Crippen LogP contribution is 2.26. The van der Waals surface area contributed by atoms with Gasteiger partial charge in [0.05, 0.1) is 5.56 Å². The van der Waals surface area contributed by atoms with E-state index in [0.717, 1.165) is 22.7 Å². The van der Waals surface area contributed by atoms with E-state index in [-0.39, 0.29) is 18.6 Å². The second-order valence-corrected chi connectivity index (χ2v) is 5.34. The van der Waals surface area contributed by atoms with Crippen LogP contribution in [0.1, 0.15) is 36.2 Å². The van der Waals surface area contributed by atoms with Gasteiger partial charge in [0.2, 0.25) is 0 Å². The van der Waals surface area contributed by atoms with Crippen molar-refractivity contribution in [2.24, 2.45) is 0 Å². The first kappa shape index (κ1) is 15.7. The van der Waals surface area contributed by atoms with E-state index in [1.165, 1.54) is 0 Å². The van der Waals surface area contributed by atoms with Crippen molar-refractivity contribution >= 4 is 28.1 Å². The number of hydrogen-bond acceptors (Lipinski definition) is 3. The van der Waals surface area contributed by atoms with Crippen molar-refractivity contribution in [2.75, 3.05) is 6.61 Å². The minimum absolute atomic E-state index is 0.0896. The van der Waals surface area contributed by atoms with Crippen molar-refractivity contribution in [1.29, 1.82) is 0 Å². The normalized spacial score (nSPS) is 11.8. The van der Waals surface area contributed by atoms with Crippen LogP contribution < -0.4 is 10.1 Å². The molecule has 0 aromatic heterocycles. The molecule has 4 nitrogen and oxygen atoms in total. The Morgan fingerprint density at radius 2 is 2.21 bits per heavy atom. The predicted octanol–water partition coefficient (Wildman–Crippen LogP) is 2.86. The van der Waals surface area contributed by atoms with Crippen LogP contribution >= 0.6 is 15.9 Å². The van der Waals surface area contributed by atoms with Gasteiger partial charge in [0.15, 0.2) is 12.9 Å². The second-order valence-electron chi connectivity index (χ2n) is 4.42. The molecule has 19 heavy (non-hydrogen) atoms. The topological polar surface area (TPSA) is 55.4 Å². The summed E-state index contributed by atoms with van der Waals surface area (Å²) in [6, 6.07) is 3.63. The van der Waals surface area contributed by atoms with E-state index in [4.69, 9.17) is 4.74 Å². The van der Waals surface area contributed by atoms with Crippen molar-refractivity contribution in [3.63, 3.8) is 0 Å². The number of hydrogen-bond donors (Lipinski definition) is 1. The lowest BCUT2D eigenvalue weighted by Crippen LogP contribution is -2.35. The second kappa shape index (κ2) is 7.28. The summed E-state index contributed by atoms with van der Waals surface area (Å²) in [4.78, 5) is 22.6. The molecule has 1 aromatic carbocycles. The van der Waals surface area contributed by atoms with Gasteiger partial charge < -0.3 is 10.1 Å². The fourth-order valence-electron chi connectivity index (χ4n) is 1.60. The average molecular weight is 328 g/mol. The molecule has 0 bridgehead atoms. The van der Waals surface area contributed by atoms with Crippen molar-refractivity contribution < 1.29 is 14.3 Å². The molecule has 1 rings (SSSR count). The first-order valence-electron chi connectivity index (χ1n) is 6.15. The summed E-state index contributed by atoms with van der Waals surface area (Å²) < 4.78 is 6.27.